The van der Waals surface area contributed by atoms with Gasteiger partial charge >= 0.3 is 0 Å². The van der Waals surface area contributed by atoms with Gasteiger partial charge in [-0.15, -0.1) is 0 Å². The second-order valence-electron chi connectivity index (χ2n) is 7.27. The van der Waals surface area contributed by atoms with E-state index in [9.17, 15) is 8.42 Å². The van der Waals surface area contributed by atoms with Crippen molar-refractivity contribution in [2.24, 2.45) is 0 Å². The van der Waals surface area contributed by atoms with Gasteiger partial charge in [-0.05, 0) is 51.0 Å². The van der Waals surface area contributed by atoms with E-state index in [0.717, 1.165) is 29.3 Å². The number of halogens is 1. The number of hydrogen-bond acceptors (Lipinski definition) is 5. The van der Waals surface area contributed by atoms with E-state index < -0.39 is 10.0 Å². The summed E-state index contributed by atoms with van der Waals surface area (Å²) in [6.07, 6.45) is 4.48. The average Bonchev–Trinajstić information content (AvgIpc) is 3.28. The first-order valence-electron chi connectivity index (χ1n) is 9.61. The molecule has 0 saturated carbocycles. The molecule has 154 valence electrons. The fourth-order valence-corrected chi connectivity index (χ4v) is 5.85. The second-order valence-corrected chi connectivity index (χ2v) is 10.1. The lowest BCUT2D eigenvalue weighted by Crippen LogP contribution is -2.36. The van der Waals surface area contributed by atoms with Crippen molar-refractivity contribution in [1.29, 1.82) is 0 Å². The number of rotatable bonds is 5. The number of sulfonamides is 1. The number of nitrogens with zero attached hydrogens (tertiary/aromatic N) is 4. The van der Waals surface area contributed by atoms with Crippen LogP contribution < -0.4 is 0 Å². The maximum atomic E-state index is 13.1. The Balaban J connectivity index is 1.59. The quantitative estimate of drug-likeness (QED) is 0.550. The zero-order valence-corrected chi connectivity index (χ0v) is 18.8. The number of hydrogen-bond donors (Lipinski definition) is 0. The molecule has 0 radical (unpaired) electrons. The van der Waals surface area contributed by atoms with Crippen LogP contribution in [0.4, 0.5) is 0 Å². The van der Waals surface area contributed by atoms with Crippen molar-refractivity contribution in [1.82, 2.24) is 19.1 Å². The minimum absolute atomic E-state index is 0.316. The maximum Gasteiger partial charge on any atom is 0.246 e. The topological polar surface area (TPSA) is 81.2 Å². The number of aromatic nitrogens is 3. The third-order valence-electron chi connectivity index (χ3n) is 5.18. The third-order valence-corrected chi connectivity index (χ3v) is 7.86. The Morgan fingerprint density at radius 3 is 2.48 bits per heavy atom. The van der Waals surface area contributed by atoms with Crippen molar-refractivity contribution in [3.05, 3.63) is 52.1 Å². The van der Waals surface area contributed by atoms with Crippen LogP contribution in [0, 0.1) is 13.8 Å². The molecule has 0 N–H and O–H groups in total. The van der Waals surface area contributed by atoms with Gasteiger partial charge in [0.1, 0.15) is 16.9 Å². The van der Waals surface area contributed by atoms with Crippen molar-refractivity contribution >= 4 is 26.0 Å². The molecular formula is C20H23BrN4O3S. The molecule has 0 aliphatic carbocycles. The van der Waals surface area contributed by atoms with E-state index in [1.165, 1.54) is 0 Å². The lowest BCUT2D eigenvalue weighted by atomic mass is 10.2. The molecular weight excluding hydrogens is 456 g/mol. The summed E-state index contributed by atoms with van der Waals surface area (Å²) < 4.78 is 36.2. The highest BCUT2D eigenvalue weighted by Gasteiger charge is 2.31. The summed E-state index contributed by atoms with van der Waals surface area (Å²) in [7, 11) is -3.53. The third kappa shape index (κ3) is 4.04. The van der Waals surface area contributed by atoms with Crippen molar-refractivity contribution in [2.45, 2.75) is 44.6 Å². The summed E-state index contributed by atoms with van der Waals surface area (Å²) in [5.41, 5.74) is 2.71. The molecule has 1 aromatic carbocycles. The van der Waals surface area contributed by atoms with Gasteiger partial charge in [0.25, 0.3) is 0 Å². The minimum Gasteiger partial charge on any atom is -0.444 e. The lowest BCUT2D eigenvalue weighted by Gasteiger charge is -2.25. The standard InChI is InChI=1S/C20H23BrN4O3S/c1-14-19(29(26,27)24-10-4-3-5-11-24)15(2)25(23-14)12-18-13-28-20(22-18)16-6-8-17(21)9-7-16/h6-9,13H,3-5,10-12H2,1-2H3. The van der Waals surface area contributed by atoms with E-state index >= 15 is 0 Å². The van der Waals surface area contributed by atoms with Crippen LogP contribution in [0.25, 0.3) is 11.5 Å². The van der Waals surface area contributed by atoms with Gasteiger partial charge in [-0.3, -0.25) is 4.68 Å². The maximum absolute atomic E-state index is 13.1. The first kappa shape index (κ1) is 20.3. The van der Waals surface area contributed by atoms with Crippen molar-refractivity contribution in [3.8, 4) is 11.5 Å². The zero-order chi connectivity index (χ0) is 20.6. The molecule has 2 aromatic heterocycles. The fraction of sp³-hybridized carbons (Fsp3) is 0.400. The van der Waals surface area contributed by atoms with E-state index in [4.69, 9.17) is 4.42 Å². The molecule has 0 atom stereocenters. The van der Waals surface area contributed by atoms with Crippen LogP contribution in [0.1, 0.15) is 36.3 Å². The SMILES string of the molecule is Cc1nn(Cc2coc(-c3ccc(Br)cc3)n2)c(C)c1S(=O)(=O)N1CCCCC1. The molecule has 9 heteroatoms. The number of piperidine rings is 1. The molecule has 0 unspecified atom stereocenters. The van der Waals surface area contributed by atoms with Crippen LogP contribution in [0.5, 0.6) is 0 Å². The lowest BCUT2D eigenvalue weighted by molar-refractivity contribution is 0.346. The summed E-state index contributed by atoms with van der Waals surface area (Å²) in [5.74, 6) is 0.523. The van der Waals surface area contributed by atoms with Gasteiger partial charge in [0.15, 0.2) is 0 Å². The Kier molecular flexibility index (Phi) is 5.63. The summed E-state index contributed by atoms with van der Waals surface area (Å²) in [6.45, 7) is 5.05. The first-order chi connectivity index (χ1) is 13.9. The first-order valence-corrected chi connectivity index (χ1v) is 11.8. The van der Waals surface area contributed by atoms with Gasteiger partial charge in [-0.1, -0.05) is 22.4 Å². The molecule has 4 rings (SSSR count). The summed E-state index contributed by atoms with van der Waals surface area (Å²) in [4.78, 5) is 4.85. The van der Waals surface area contributed by atoms with E-state index in [1.54, 1.807) is 29.1 Å². The van der Waals surface area contributed by atoms with Crippen molar-refractivity contribution in [2.75, 3.05) is 13.1 Å². The van der Waals surface area contributed by atoms with Gasteiger partial charge in [-0.25, -0.2) is 13.4 Å². The van der Waals surface area contributed by atoms with Gasteiger partial charge in [-0.2, -0.15) is 9.40 Å². The van der Waals surface area contributed by atoms with Crippen LogP contribution in [0.3, 0.4) is 0 Å². The summed E-state index contributed by atoms with van der Waals surface area (Å²) in [5, 5.41) is 4.48. The predicted molar refractivity (Wildman–Crippen MR) is 113 cm³/mol. The number of benzene rings is 1. The zero-order valence-electron chi connectivity index (χ0n) is 16.4. The molecule has 1 saturated heterocycles. The van der Waals surface area contributed by atoms with E-state index in [-0.39, 0.29) is 0 Å². The van der Waals surface area contributed by atoms with E-state index in [1.807, 2.05) is 24.3 Å². The second kappa shape index (κ2) is 8.04. The Morgan fingerprint density at radius 1 is 1.10 bits per heavy atom. The molecule has 3 heterocycles. The molecule has 7 nitrogen and oxygen atoms in total. The van der Waals surface area contributed by atoms with Gasteiger partial charge < -0.3 is 4.42 Å². The largest absolute Gasteiger partial charge is 0.444 e. The van der Waals surface area contributed by atoms with Gasteiger partial charge in [0.2, 0.25) is 15.9 Å². The van der Waals surface area contributed by atoms with Gasteiger partial charge in [0.05, 0.1) is 17.9 Å². The highest BCUT2D eigenvalue weighted by molar-refractivity contribution is 9.10. The molecule has 0 spiro atoms. The van der Waals surface area contributed by atoms with Crippen LogP contribution in [0.2, 0.25) is 0 Å². The Bertz CT molecular complexity index is 1110. The average molecular weight is 479 g/mol. The van der Waals surface area contributed by atoms with Gasteiger partial charge in [0, 0.05) is 23.1 Å². The molecule has 3 aromatic rings. The molecule has 29 heavy (non-hydrogen) atoms. The van der Waals surface area contributed by atoms with Crippen molar-refractivity contribution in [3.63, 3.8) is 0 Å². The summed E-state index contributed by atoms with van der Waals surface area (Å²) in [6, 6.07) is 7.70. The molecule has 0 amide bonds. The van der Waals surface area contributed by atoms with E-state index in [2.05, 4.69) is 26.0 Å². The molecule has 1 aliphatic rings. The molecule has 0 bridgehead atoms. The molecule has 1 aliphatic heterocycles. The van der Waals surface area contributed by atoms with Crippen LogP contribution in [-0.4, -0.2) is 40.6 Å². The number of aryl methyl sites for hydroxylation is 1. The van der Waals surface area contributed by atoms with E-state index in [0.29, 0.717) is 47.5 Å². The fourth-order valence-electron chi connectivity index (χ4n) is 3.70. The van der Waals surface area contributed by atoms with Crippen LogP contribution in [-0.2, 0) is 16.6 Å². The van der Waals surface area contributed by atoms with Crippen molar-refractivity contribution < 1.29 is 12.8 Å². The monoisotopic (exact) mass is 478 g/mol. The highest BCUT2D eigenvalue weighted by Crippen LogP contribution is 2.27. The Labute approximate surface area is 178 Å². The highest BCUT2D eigenvalue weighted by atomic mass is 79.9. The predicted octanol–water partition coefficient (Wildman–Crippen LogP) is 4.14. The number of oxazole rings is 1. The molecule has 1 fully saturated rings. The summed E-state index contributed by atoms with van der Waals surface area (Å²) >= 11 is 3.41. The Morgan fingerprint density at radius 2 is 1.79 bits per heavy atom. The normalized spacial score (nSPS) is 15.7. The van der Waals surface area contributed by atoms with Crippen LogP contribution in [0.15, 0.2) is 44.3 Å². The smallest absolute Gasteiger partial charge is 0.246 e. The minimum atomic E-state index is -3.53. The Hall–Kier alpha value is -1.97. The van der Waals surface area contributed by atoms with Crippen LogP contribution >= 0.6 is 15.9 Å².